The third kappa shape index (κ3) is 3.12. The van der Waals surface area contributed by atoms with Crippen LogP contribution in [-0.2, 0) is 17.6 Å². The zero-order chi connectivity index (χ0) is 20.8. The van der Waals surface area contributed by atoms with E-state index < -0.39 is 0 Å². The number of anilines is 1. The van der Waals surface area contributed by atoms with Crippen LogP contribution in [0.25, 0.3) is 22.7 Å². The van der Waals surface area contributed by atoms with Crippen LogP contribution in [0.15, 0.2) is 41.5 Å². The van der Waals surface area contributed by atoms with Crippen molar-refractivity contribution in [2.45, 2.75) is 25.7 Å². The van der Waals surface area contributed by atoms with Gasteiger partial charge in [-0.2, -0.15) is 9.61 Å². The maximum Gasteiger partial charge on any atom is 0.276 e. The molecule has 5 heterocycles. The van der Waals surface area contributed by atoms with E-state index in [9.17, 15) is 4.79 Å². The van der Waals surface area contributed by atoms with Crippen molar-refractivity contribution in [3.63, 3.8) is 0 Å². The lowest BCUT2D eigenvalue weighted by Gasteiger charge is -2.29. The molecule has 0 bridgehead atoms. The zero-order valence-electron chi connectivity index (χ0n) is 17.1. The Morgan fingerprint density at radius 3 is 2.65 bits per heavy atom. The van der Waals surface area contributed by atoms with Gasteiger partial charge in [0.05, 0.1) is 18.9 Å². The number of aryl methyl sites for hydroxylation is 1. The van der Waals surface area contributed by atoms with Crippen molar-refractivity contribution in [2.24, 2.45) is 0 Å². The van der Waals surface area contributed by atoms with E-state index in [4.69, 9.17) is 14.8 Å². The molecule has 4 aromatic rings. The summed E-state index contributed by atoms with van der Waals surface area (Å²) in [6, 6.07) is 7.77. The van der Waals surface area contributed by atoms with Gasteiger partial charge in [-0.25, -0.2) is 9.67 Å². The highest BCUT2D eigenvalue weighted by Gasteiger charge is 2.22. The quantitative estimate of drug-likeness (QED) is 0.548. The second-order valence-electron chi connectivity index (χ2n) is 8.02. The maximum atomic E-state index is 13.1. The second-order valence-corrected chi connectivity index (χ2v) is 8.02. The fourth-order valence-corrected chi connectivity index (χ4v) is 4.49. The van der Waals surface area contributed by atoms with E-state index in [0.717, 1.165) is 67.1 Å². The summed E-state index contributed by atoms with van der Waals surface area (Å²) in [5, 5.41) is 8.14. The molecule has 158 valence electrons. The predicted octanol–water partition coefficient (Wildman–Crippen LogP) is 1.99. The molecule has 6 rings (SSSR count). The third-order valence-electron chi connectivity index (χ3n) is 6.11. The molecule has 0 aromatic carbocycles. The minimum atomic E-state index is 0.00773. The molecule has 2 aliphatic rings. The van der Waals surface area contributed by atoms with Gasteiger partial charge >= 0.3 is 0 Å². The molecule has 1 fully saturated rings. The molecule has 9 heteroatoms. The first-order chi connectivity index (χ1) is 15.3. The van der Waals surface area contributed by atoms with Gasteiger partial charge in [0.1, 0.15) is 5.82 Å². The molecule has 9 nitrogen and oxygen atoms in total. The van der Waals surface area contributed by atoms with E-state index in [0.29, 0.717) is 24.7 Å². The summed E-state index contributed by atoms with van der Waals surface area (Å²) in [6.45, 7) is 2.85. The molecule has 31 heavy (non-hydrogen) atoms. The SMILES string of the molecule is O=c1c2c([nH]n1-c1cc(N3CCOCC3)n3nc(-c4ccncc4)cc3n1)CCCC2. The molecular weight excluding hydrogens is 394 g/mol. The Hall–Kier alpha value is -3.46. The number of pyridine rings is 1. The Balaban J connectivity index is 1.54. The van der Waals surface area contributed by atoms with Crippen LogP contribution in [0.1, 0.15) is 24.1 Å². The standard InChI is InChI=1S/C22H23N7O2/c30-22-16-3-1-2-4-17(16)25-29(22)20-14-21(27-9-11-31-12-10-27)28-19(24-20)13-18(26-28)15-5-7-23-8-6-15/h5-8,13-14,25H,1-4,9-12H2. The molecule has 4 aromatic heterocycles. The lowest BCUT2D eigenvalue weighted by atomic mass is 9.98. The van der Waals surface area contributed by atoms with Crippen molar-refractivity contribution in [1.29, 1.82) is 0 Å². The molecule has 0 unspecified atom stereocenters. The van der Waals surface area contributed by atoms with E-state index in [1.807, 2.05) is 28.8 Å². The second kappa shape index (κ2) is 7.35. The van der Waals surface area contributed by atoms with Crippen LogP contribution in [-0.4, -0.2) is 55.7 Å². The first-order valence-electron chi connectivity index (χ1n) is 10.7. The van der Waals surface area contributed by atoms with Gasteiger partial charge in [0.2, 0.25) is 0 Å². The van der Waals surface area contributed by atoms with Gasteiger partial charge in [-0.15, -0.1) is 0 Å². The van der Waals surface area contributed by atoms with Crippen molar-refractivity contribution in [1.82, 2.24) is 29.4 Å². The number of aromatic amines is 1. The first-order valence-corrected chi connectivity index (χ1v) is 10.7. The number of nitrogens with one attached hydrogen (secondary N) is 1. The van der Waals surface area contributed by atoms with Gasteiger partial charge in [-0.3, -0.25) is 14.9 Å². The minimum Gasteiger partial charge on any atom is -0.378 e. The molecule has 1 N–H and O–H groups in total. The number of fused-ring (bicyclic) bond motifs is 2. The summed E-state index contributed by atoms with van der Waals surface area (Å²) in [5.74, 6) is 1.50. The lowest BCUT2D eigenvalue weighted by Crippen LogP contribution is -2.37. The molecule has 1 aliphatic carbocycles. The largest absolute Gasteiger partial charge is 0.378 e. The minimum absolute atomic E-state index is 0.00773. The van der Waals surface area contributed by atoms with Gasteiger partial charge < -0.3 is 9.64 Å². The summed E-state index contributed by atoms with van der Waals surface area (Å²) < 4.78 is 9.00. The summed E-state index contributed by atoms with van der Waals surface area (Å²) in [7, 11) is 0. The van der Waals surface area contributed by atoms with Crippen LogP contribution in [0.5, 0.6) is 0 Å². The van der Waals surface area contributed by atoms with Crippen molar-refractivity contribution >= 4 is 11.5 Å². The molecule has 1 aliphatic heterocycles. The van der Waals surface area contributed by atoms with Gasteiger partial charge in [-0.1, -0.05) is 0 Å². The number of nitrogens with zero attached hydrogens (tertiary/aromatic N) is 6. The topological polar surface area (TPSA) is 93.3 Å². The first kappa shape index (κ1) is 18.3. The monoisotopic (exact) mass is 417 g/mol. The van der Waals surface area contributed by atoms with E-state index in [1.54, 1.807) is 17.1 Å². The summed E-state index contributed by atoms with van der Waals surface area (Å²) >= 11 is 0. The lowest BCUT2D eigenvalue weighted by molar-refractivity contribution is 0.122. The van der Waals surface area contributed by atoms with Crippen molar-refractivity contribution in [3.8, 4) is 17.1 Å². The number of morpholine rings is 1. The van der Waals surface area contributed by atoms with Crippen LogP contribution in [0.2, 0.25) is 0 Å². The molecular formula is C22H23N7O2. The predicted molar refractivity (Wildman–Crippen MR) is 116 cm³/mol. The summed E-state index contributed by atoms with van der Waals surface area (Å²) in [6.07, 6.45) is 7.41. The molecule has 0 saturated carbocycles. The number of hydrogen-bond acceptors (Lipinski definition) is 6. The summed E-state index contributed by atoms with van der Waals surface area (Å²) in [5.41, 5.74) is 4.43. The normalized spacial score (nSPS) is 16.6. The van der Waals surface area contributed by atoms with E-state index in [1.165, 1.54) is 0 Å². The fourth-order valence-electron chi connectivity index (χ4n) is 4.49. The Kier molecular flexibility index (Phi) is 4.34. The molecule has 0 radical (unpaired) electrons. The number of ether oxygens (including phenoxy) is 1. The Morgan fingerprint density at radius 2 is 1.84 bits per heavy atom. The molecule has 0 amide bonds. The van der Waals surface area contributed by atoms with Crippen LogP contribution in [0, 0.1) is 0 Å². The Morgan fingerprint density at radius 1 is 1.03 bits per heavy atom. The zero-order valence-corrected chi connectivity index (χ0v) is 17.1. The van der Waals surface area contributed by atoms with Crippen LogP contribution < -0.4 is 10.5 Å². The van der Waals surface area contributed by atoms with Crippen LogP contribution >= 0.6 is 0 Å². The average molecular weight is 417 g/mol. The van der Waals surface area contributed by atoms with Gasteiger partial charge in [0.25, 0.3) is 5.56 Å². The molecule has 0 atom stereocenters. The number of H-pyrrole nitrogens is 1. The molecule has 0 spiro atoms. The van der Waals surface area contributed by atoms with E-state index >= 15 is 0 Å². The maximum absolute atomic E-state index is 13.1. The fraction of sp³-hybridized carbons (Fsp3) is 0.364. The van der Waals surface area contributed by atoms with Gasteiger partial charge in [0.15, 0.2) is 11.5 Å². The third-order valence-corrected chi connectivity index (χ3v) is 6.11. The van der Waals surface area contributed by atoms with Crippen molar-refractivity contribution in [2.75, 3.05) is 31.2 Å². The summed E-state index contributed by atoms with van der Waals surface area (Å²) in [4.78, 5) is 24.2. The average Bonchev–Trinajstić information content (AvgIpc) is 3.41. The van der Waals surface area contributed by atoms with E-state index in [-0.39, 0.29) is 5.56 Å². The van der Waals surface area contributed by atoms with Crippen molar-refractivity contribution < 1.29 is 4.74 Å². The van der Waals surface area contributed by atoms with Crippen molar-refractivity contribution in [3.05, 3.63) is 58.3 Å². The highest BCUT2D eigenvalue weighted by molar-refractivity contribution is 5.66. The van der Waals surface area contributed by atoms with Crippen LogP contribution in [0.3, 0.4) is 0 Å². The highest BCUT2D eigenvalue weighted by atomic mass is 16.5. The van der Waals surface area contributed by atoms with Gasteiger partial charge in [-0.05, 0) is 37.8 Å². The van der Waals surface area contributed by atoms with E-state index in [2.05, 4.69) is 15.0 Å². The van der Waals surface area contributed by atoms with Gasteiger partial charge in [0, 0.05) is 54.4 Å². The van der Waals surface area contributed by atoms with Crippen LogP contribution in [0.4, 0.5) is 5.82 Å². The number of aromatic nitrogens is 6. The Bertz CT molecular complexity index is 1300. The number of hydrogen-bond donors (Lipinski definition) is 1. The number of rotatable bonds is 3. The smallest absolute Gasteiger partial charge is 0.276 e. The molecule has 1 saturated heterocycles. The Labute approximate surface area is 178 Å². The highest BCUT2D eigenvalue weighted by Crippen LogP contribution is 2.25.